The van der Waals surface area contributed by atoms with E-state index < -0.39 is 0 Å². The maximum atomic E-state index is 5.93. The molecule has 1 heterocycles. The van der Waals surface area contributed by atoms with Crippen LogP contribution in [0.2, 0.25) is 0 Å². The van der Waals surface area contributed by atoms with E-state index in [0.717, 1.165) is 6.54 Å². The van der Waals surface area contributed by atoms with Crippen LogP contribution in [-0.4, -0.2) is 6.54 Å². The standard InChI is InChI=1S/C14H23NS/c1-10-6-12(9-16-10)13-7-14(2,3)5-4-11(13)8-15/h6,9,11,13H,4-5,7-8,15H2,1-3H3. The molecule has 1 aromatic heterocycles. The van der Waals surface area contributed by atoms with Crippen molar-refractivity contribution < 1.29 is 0 Å². The predicted molar refractivity (Wildman–Crippen MR) is 72.0 cm³/mol. The molecule has 2 N–H and O–H groups in total. The lowest BCUT2D eigenvalue weighted by Gasteiger charge is -2.40. The van der Waals surface area contributed by atoms with Crippen molar-refractivity contribution in [3.05, 3.63) is 21.9 Å². The van der Waals surface area contributed by atoms with Crippen molar-refractivity contribution in [2.45, 2.75) is 46.0 Å². The summed E-state index contributed by atoms with van der Waals surface area (Å²) in [7, 11) is 0. The summed E-state index contributed by atoms with van der Waals surface area (Å²) in [4.78, 5) is 1.43. The van der Waals surface area contributed by atoms with Crippen LogP contribution in [0.25, 0.3) is 0 Å². The monoisotopic (exact) mass is 237 g/mol. The SMILES string of the molecule is Cc1cc(C2CC(C)(C)CCC2CN)cs1. The number of rotatable bonds is 2. The summed E-state index contributed by atoms with van der Waals surface area (Å²) in [5.74, 6) is 1.39. The lowest BCUT2D eigenvalue weighted by Crippen LogP contribution is -2.32. The van der Waals surface area contributed by atoms with Gasteiger partial charge < -0.3 is 5.73 Å². The molecule has 0 bridgehead atoms. The van der Waals surface area contributed by atoms with E-state index in [1.807, 2.05) is 11.3 Å². The van der Waals surface area contributed by atoms with Crippen molar-refractivity contribution in [3.63, 3.8) is 0 Å². The van der Waals surface area contributed by atoms with Crippen molar-refractivity contribution in [2.75, 3.05) is 6.54 Å². The molecule has 90 valence electrons. The smallest absolute Gasteiger partial charge is 0.00171 e. The summed E-state index contributed by atoms with van der Waals surface area (Å²) < 4.78 is 0. The van der Waals surface area contributed by atoms with Crippen LogP contribution in [0.4, 0.5) is 0 Å². The lowest BCUT2D eigenvalue weighted by atomic mass is 9.65. The third-order valence-corrected chi connectivity index (χ3v) is 4.89. The average molecular weight is 237 g/mol. The minimum absolute atomic E-state index is 0.492. The van der Waals surface area contributed by atoms with Crippen LogP contribution in [0, 0.1) is 18.3 Å². The summed E-state index contributed by atoms with van der Waals surface area (Å²) >= 11 is 1.87. The Kier molecular flexibility index (Phi) is 3.41. The van der Waals surface area contributed by atoms with Crippen LogP contribution in [0.1, 0.15) is 49.5 Å². The van der Waals surface area contributed by atoms with E-state index in [-0.39, 0.29) is 0 Å². The van der Waals surface area contributed by atoms with Gasteiger partial charge in [-0.1, -0.05) is 13.8 Å². The molecule has 0 amide bonds. The fraction of sp³-hybridized carbons (Fsp3) is 0.714. The Hall–Kier alpha value is -0.340. The number of nitrogens with two attached hydrogens (primary N) is 1. The third kappa shape index (κ3) is 2.49. The first kappa shape index (κ1) is 12.1. The molecule has 2 rings (SSSR count). The van der Waals surface area contributed by atoms with E-state index in [9.17, 15) is 0 Å². The fourth-order valence-electron chi connectivity index (χ4n) is 2.97. The molecule has 0 radical (unpaired) electrons. The average Bonchev–Trinajstić information content (AvgIpc) is 2.64. The molecule has 0 aliphatic heterocycles. The second-order valence-electron chi connectivity index (χ2n) is 6.00. The molecular weight excluding hydrogens is 214 g/mol. The zero-order valence-electron chi connectivity index (χ0n) is 10.6. The summed E-state index contributed by atoms with van der Waals surface area (Å²) in [5, 5.41) is 2.34. The Labute approximate surface area is 103 Å². The van der Waals surface area contributed by atoms with Crippen LogP contribution in [0.15, 0.2) is 11.4 Å². The summed E-state index contributed by atoms with van der Waals surface area (Å²) in [6.07, 6.45) is 3.92. The minimum atomic E-state index is 0.492. The van der Waals surface area contributed by atoms with Gasteiger partial charge in [-0.2, -0.15) is 0 Å². The van der Waals surface area contributed by atoms with Crippen LogP contribution in [0.5, 0.6) is 0 Å². The van der Waals surface area contributed by atoms with E-state index in [0.29, 0.717) is 17.3 Å². The van der Waals surface area contributed by atoms with Gasteiger partial charge in [0.25, 0.3) is 0 Å². The van der Waals surface area contributed by atoms with Gasteiger partial charge in [-0.05, 0) is 67.0 Å². The Morgan fingerprint density at radius 1 is 1.50 bits per heavy atom. The van der Waals surface area contributed by atoms with Gasteiger partial charge >= 0.3 is 0 Å². The molecule has 1 aromatic rings. The van der Waals surface area contributed by atoms with Crippen LogP contribution < -0.4 is 5.73 Å². The van der Waals surface area contributed by atoms with Crippen molar-refractivity contribution in [1.82, 2.24) is 0 Å². The molecule has 1 aliphatic carbocycles. The third-order valence-electron chi connectivity index (χ3n) is 4.02. The van der Waals surface area contributed by atoms with Gasteiger partial charge in [0.05, 0.1) is 0 Å². The van der Waals surface area contributed by atoms with Crippen molar-refractivity contribution in [2.24, 2.45) is 17.1 Å². The number of hydrogen-bond donors (Lipinski definition) is 1. The van der Waals surface area contributed by atoms with E-state index in [1.54, 1.807) is 0 Å². The van der Waals surface area contributed by atoms with Gasteiger partial charge in [0, 0.05) is 4.88 Å². The van der Waals surface area contributed by atoms with E-state index in [2.05, 4.69) is 32.2 Å². The molecule has 2 unspecified atom stereocenters. The quantitative estimate of drug-likeness (QED) is 0.829. The van der Waals surface area contributed by atoms with Gasteiger partial charge in [0.15, 0.2) is 0 Å². The molecule has 0 saturated heterocycles. The molecule has 2 heteroatoms. The Bertz CT molecular complexity index is 353. The van der Waals surface area contributed by atoms with Crippen molar-refractivity contribution in [1.29, 1.82) is 0 Å². The van der Waals surface area contributed by atoms with Crippen molar-refractivity contribution in [3.8, 4) is 0 Å². The molecular formula is C14H23NS. The summed E-state index contributed by atoms with van der Waals surface area (Å²) in [6, 6.07) is 2.36. The van der Waals surface area contributed by atoms with E-state index in [1.165, 1.54) is 29.7 Å². The normalized spacial score (nSPS) is 29.2. The highest BCUT2D eigenvalue weighted by molar-refractivity contribution is 7.10. The highest BCUT2D eigenvalue weighted by atomic mass is 32.1. The maximum absolute atomic E-state index is 5.93. The Morgan fingerprint density at radius 3 is 2.81 bits per heavy atom. The summed E-state index contributed by atoms with van der Waals surface area (Å²) in [6.45, 7) is 7.83. The predicted octanol–water partition coefficient (Wildman–Crippen LogP) is 3.93. The first-order valence-electron chi connectivity index (χ1n) is 6.27. The largest absolute Gasteiger partial charge is 0.330 e. The maximum Gasteiger partial charge on any atom is 0.00171 e. The highest BCUT2D eigenvalue weighted by Gasteiger charge is 2.35. The first-order valence-corrected chi connectivity index (χ1v) is 7.15. The van der Waals surface area contributed by atoms with Gasteiger partial charge in [0.2, 0.25) is 0 Å². The van der Waals surface area contributed by atoms with Gasteiger partial charge in [-0.15, -0.1) is 11.3 Å². The summed E-state index contributed by atoms with van der Waals surface area (Å²) in [5.41, 5.74) is 7.96. The molecule has 16 heavy (non-hydrogen) atoms. The van der Waals surface area contributed by atoms with Gasteiger partial charge in [0.1, 0.15) is 0 Å². The van der Waals surface area contributed by atoms with Crippen molar-refractivity contribution >= 4 is 11.3 Å². The first-order chi connectivity index (χ1) is 7.52. The topological polar surface area (TPSA) is 26.0 Å². The number of hydrogen-bond acceptors (Lipinski definition) is 2. The second-order valence-corrected chi connectivity index (χ2v) is 7.12. The fourth-order valence-corrected chi connectivity index (χ4v) is 3.74. The number of aryl methyl sites for hydroxylation is 1. The second kappa shape index (κ2) is 4.50. The Balaban J connectivity index is 2.21. The molecule has 0 spiro atoms. The lowest BCUT2D eigenvalue weighted by molar-refractivity contribution is 0.166. The van der Waals surface area contributed by atoms with Gasteiger partial charge in [-0.3, -0.25) is 0 Å². The van der Waals surface area contributed by atoms with Crippen LogP contribution in [-0.2, 0) is 0 Å². The molecule has 1 aliphatic rings. The van der Waals surface area contributed by atoms with E-state index in [4.69, 9.17) is 5.73 Å². The molecule has 1 saturated carbocycles. The minimum Gasteiger partial charge on any atom is -0.330 e. The zero-order chi connectivity index (χ0) is 11.8. The van der Waals surface area contributed by atoms with Crippen LogP contribution in [0.3, 0.4) is 0 Å². The van der Waals surface area contributed by atoms with Crippen LogP contribution >= 0.6 is 11.3 Å². The van der Waals surface area contributed by atoms with E-state index >= 15 is 0 Å². The molecule has 1 nitrogen and oxygen atoms in total. The zero-order valence-corrected chi connectivity index (χ0v) is 11.4. The number of thiophene rings is 1. The molecule has 0 aromatic carbocycles. The molecule has 1 fully saturated rings. The van der Waals surface area contributed by atoms with Gasteiger partial charge in [-0.25, -0.2) is 0 Å². The Morgan fingerprint density at radius 2 is 2.25 bits per heavy atom. The highest BCUT2D eigenvalue weighted by Crippen LogP contribution is 2.46. The molecule has 2 atom stereocenters.